The number of benzene rings is 1. The Balaban J connectivity index is 2.37. The van der Waals surface area contributed by atoms with Crippen molar-refractivity contribution in [1.29, 1.82) is 0 Å². The highest BCUT2D eigenvalue weighted by Crippen LogP contribution is 2.22. The minimum atomic E-state index is 0.571. The van der Waals surface area contributed by atoms with Gasteiger partial charge in [-0.25, -0.2) is 0 Å². The van der Waals surface area contributed by atoms with E-state index in [1.165, 1.54) is 11.1 Å². The largest absolute Gasteiger partial charge is 0.493 e. The minimum absolute atomic E-state index is 0.571. The molecule has 90 valence electrons. The molecule has 0 aromatic heterocycles. The van der Waals surface area contributed by atoms with Crippen LogP contribution in [0.1, 0.15) is 30.9 Å². The molecule has 1 rings (SSSR count). The van der Waals surface area contributed by atoms with Crippen molar-refractivity contribution in [2.24, 2.45) is 0 Å². The van der Waals surface area contributed by atoms with E-state index < -0.39 is 0 Å². The van der Waals surface area contributed by atoms with E-state index in [4.69, 9.17) is 4.74 Å². The summed E-state index contributed by atoms with van der Waals surface area (Å²) in [5, 5.41) is 3.23. The van der Waals surface area contributed by atoms with Gasteiger partial charge in [0.25, 0.3) is 0 Å². The fourth-order valence-corrected chi connectivity index (χ4v) is 1.73. The zero-order valence-corrected chi connectivity index (χ0v) is 10.8. The molecule has 1 N–H and O–H groups in total. The van der Waals surface area contributed by atoms with Crippen LogP contribution < -0.4 is 10.1 Å². The lowest BCUT2D eigenvalue weighted by Gasteiger charge is -2.13. The summed E-state index contributed by atoms with van der Waals surface area (Å²) in [5.41, 5.74) is 2.45. The molecule has 2 heteroatoms. The third-order valence-electron chi connectivity index (χ3n) is 2.93. The van der Waals surface area contributed by atoms with Gasteiger partial charge in [-0.15, -0.1) is 0 Å². The highest BCUT2D eigenvalue weighted by atomic mass is 16.5. The Labute approximate surface area is 99.0 Å². The standard InChI is InChI=1S/C14H23NO/c1-11-7-5-8-12(2)14(11)16-10-6-9-13(3)15-4/h5,7-8,13,15H,6,9-10H2,1-4H3. The smallest absolute Gasteiger partial charge is 0.125 e. The molecule has 0 heterocycles. The average Bonchev–Trinajstić information content (AvgIpc) is 2.27. The first-order valence-electron chi connectivity index (χ1n) is 6.01. The van der Waals surface area contributed by atoms with E-state index in [0.717, 1.165) is 25.2 Å². The van der Waals surface area contributed by atoms with Crippen LogP contribution in [0.2, 0.25) is 0 Å². The number of para-hydroxylation sites is 1. The molecule has 0 saturated carbocycles. The van der Waals surface area contributed by atoms with Gasteiger partial charge in [0.15, 0.2) is 0 Å². The molecular formula is C14H23NO. The first-order chi connectivity index (χ1) is 7.65. The second-order valence-corrected chi connectivity index (χ2v) is 4.40. The summed E-state index contributed by atoms with van der Waals surface area (Å²) in [5.74, 6) is 1.06. The predicted molar refractivity (Wildman–Crippen MR) is 69.2 cm³/mol. The lowest BCUT2D eigenvalue weighted by molar-refractivity contribution is 0.296. The van der Waals surface area contributed by atoms with Crippen LogP contribution in [0.4, 0.5) is 0 Å². The second kappa shape index (κ2) is 6.54. The molecule has 0 amide bonds. The number of rotatable bonds is 6. The number of nitrogens with one attached hydrogen (secondary N) is 1. The Hall–Kier alpha value is -1.02. The van der Waals surface area contributed by atoms with Gasteiger partial charge in [0.1, 0.15) is 5.75 Å². The van der Waals surface area contributed by atoms with Crippen LogP contribution in [0.25, 0.3) is 0 Å². The maximum Gasteiger partial charge on any atom is 0.125 e. The summed E-state index contributed by atoms with van der Waals surface area (Å²) in [4.78, 5) is 0. The zero-order chi connectivity index (χ0) is 12.0. The number of hydrogen-bond acceptors (Lipinski definition) is 2. The summed E-state index contributed by atoms with van der Waals surface area (Å²) in [6.07, 6.45) is 2.25. The first-order valence-corrected chi connectivity index (χ1v) is 6.01. The number of ether oxygens (including phenoxy) is 1. The lowest BCUT2D eigenvalue weighted by atomic mass is 10.1. The Morgan fingerprint density at radius 3 is 2.44 bits per heavy atom. The third kappa shape index (κ3) is 3.86. The van der Waals surface area contributed by atoms with E-state index in [0.29, 0.717) is 6.04 Å². The fourth-order valence-electron chi connectivity index (χ4n) is 1.73. The second-order valence-electron chi connectivity index (χ2n) is 4.40. The van der Waals surface area contributed by atoms with E-state index in [9.17, 15) is 0 Å². The van der Waals surface area contributed by atoms with Gasteiger partial charge in [-0.1, -0.05) is 18.2 Å². The van der Waals surface area contributed by atoms with Gasteiger partial charge < -0.3 is 10.1 Å². The normalized spacial score (nSPS) is 12.5. The quantitative estimate of drug-likeness (QED) is 0.745. The minimum Gasteiger partial charge on any atom is -0.493 e. The van der Waals surface area contributed by atoms with Gasteiger partial charge in [0, 0.05) is 6.04 Å². The molecule has 0 fully saturated rings. The fraction of sp³-hybridized carbons (Fsp3) is 0.571. The van der Waals surface area contributed by atoms with Crippen molar-refractivity contribution in [3.05, 3.63) is 29.3 Å². The molecule has 1 aromatic carbocycles. The highest BCUT2D eigenvalue weighted by Gasteiger charge is 2.03. The maximum atomic E-state index is 5.83. The molecule has 0 aliphatic heterocycles. The summed E-state index contributed by atoms with van der Waals surface area (Å²) < 4.78 is 5.83. The van der Waals surface area contributed by atoms with E-state index >= 15 is 0 Å². The topological polar surface area (TPSA) is 21.3 Å². The lowest BCUT2D eigenvalue weighted by Crippen LogP contribution is -2.21. The molecule has 2 nitrogen and oxygen atoms in total. The third-order valence-corrected chi connectivity index (χ3v) is 2.93. The van der Waals surface area contributed by atoms with Gasteiger partial charge in [-0.05, 0) is 51.8 Å². The van der Waals surface area contributed by atoms with Gasteiger partial charge in [0.05, 0.1) is 6.61 Å². The molecule has 1 aromatic rings. The van der Waals surface area contributed by atoms with E-state index in [1.54, 1.807) is 0 Å². The monoisotopic (exact) mass is 221 g/mol. The van der Waals surface area contributed by atoms with Crippen LogP contribution in [0.15, 0.2) is 18.2 Å². The Kier molecular flexibility index (Phi) is 5.33. The predicted octanol–water partition coefficient (Wildman–Crippen LogP) is 3.07. The average molecular weight is 221 g/mol. The summed E-state index contributed by atoms with van der Waals surface area (Å²) in [7, 11) is 2.00. The van der Waals surface area contributed by atoms with Crippen molar-refractivity contribution in [1.82, 2.24) is 5.32 Å². The first kappa shape index (κ1) is 13.0. The van der Waals surface area contributed by atoms with Gasteiger partial charge in [0.2, 0.25) is 0 Å². The highest BCUT2D eigenvalue weighted by molar-refractivity contribution is 5.39. The molecule has 0 aliphatic rings. The Bertz CT molecular complexity index is 302. The summed E-state index contributed by atoms with van der Waals surface area (Å²) in [6.45, 7) is 7.19. The van der Waals surface area contributed by atoms with Crippen LogP contribution in [-0.2, 0) is 0 Å². The Morgan fingerprint density at radius 2 is 1.88 bits per heavy atom. The summed E-state index contributed by atoms with van der Waals surface area (Å²) in [6, 6.07) is 6.83. The molecule has 0 spiro atoms. The number of hydrogen-bond donors (Lipinski definition) is 1. The van der Waals surface area contributed by atoms with Gasteiger partial charge in [-0.2, -0.15) is 0 Å². The van der Waals surface area contributed by atoms with Crippen LogP contribution in [-0.4, -0.2) is 19.7 Å². The van der Waals surface area contributed by atoms with E-state index in [2.05, 4.69) is 44.3 Å². The molecule has 0 radical (unpaired) electrons. The van der Waals surface area contributed by atoms with Gasteiger partial charge >= 0.3 is 0 Å². The summed E-state index contributed by atoms with van der Waals surface area (Å²) >= 11 is 0. The molecule has 0 aliphatic carbocycles. The van der Waals surface area contributed by atoms with Crippen molar-refractivity contribution < 1.29 is 4.74 Å². The molecule has 0 saturated heterocycles. The zero-order valence-electron chi connectivity index (χ0n) is 10.8. The SMILES string of the molecule is CNC(C)CCCOc1c(C)cccc1C. The van der Waals surface area contributed by atoms with E-state index in [1.807, 2.05) is 7.05 Å². The molecule has 1 atom stereocenters. The van der Waals surface area contributed by atoms with Crippen LogP contribution in [0.5, 0.6) is 5.75 Å². The van der Waals surface area contributed by atoms with Crippen molar-refractivity contribution in [2.45, 2.75) is 39.7 Å². The van der Waals surface area contributed by atoms with E-state index in [-0.39, 0.29) is 0 Å². The molecule has 0 bridgehead atoms. The van der Waals surface area contributed by atoms with Crippen molar-refractivity contribution in [3.63, 3.8) is 0 Å². The van der Waals surface area contributed by atoms with Gasteiger partial charge in [-0.3, -0.25) is 0 Å². The van der Waals surface area contributed by atoms with Crippen molar-refractivity contribution >= 4 is 0 Å². The Morgan fingerprint density at radius 1 is 1.25 bits per heavy atom. The van der Waals surface area contributed by atoms with Crippen molar-refractivity contribution in [3.8, 4) is 5.75 Å². The van der Waals surface area contributed by atoms with Crippen LogP contribution >= 0.6 is 0 Å². The van der Waals surface area contributed by atoms with Crippen molar-refractivity contribution in [2.75, 3.05) is 13.7 Å². The maximum absolute atomic E-state index is 5.83. The number of aryl methyl sites for hydroxylation is 2. The molecule has 1 unspecified atom stereocenters. The van der Waals surface area contributed by atoms with Crippen LogP contribution in [0, 0.1) is 13.8 Å². The van der Waals surface area contributed by atoms with Crippen LogP contribution in [0.3, 0.4) is 0 Å². The molecular weight excluding hydrogens is 198 g/mol. The molecule has 16 heavy (non-hydrogen) atoms.